The van der Waals surface area contributed by atoms with Gasteiger partial charge >= 0.3 is 5.82 Å². The molecule has 10 N–H and O–H groups in total. The van der Waals surface area contributed by atoms with Gasteiger partial charge in [0.1, 0.15) is 36.1 Å². The average molecular weight is 1400 g/mol. The molecule has 1 amide bonds. The summed E-state index contributed by atoms with van der Waals surface area (Å²) in [7, 11) is 4.08. The third kappa shape index (κ3) is 26.1. The van der Waals surface area contributed by atoms with Gasteiger partial charge in [-0.3, -0.25) is 24.6 Å². The van der Waals surface area contributed by atoms with Crippen LogP contribution in [0.3, 0.4) is 0 Å². The quantitative estimate of drug-likeness (QED) is 0.0178. The largest absolute Gasteiger partial charge is 0.427 e. The summed E-state index contributed by atoms with van der Waals surface area (Å²) in [5, 5.41) is 88.5. The predicted molar refractivity (Wildman–Crippen MR) is 360 cm³/mol. The second kappa shape index (κ2) is 38.0. The van der Waals surface area contributed by atoms with Gasteiger partial charge in [-0.1, -0.05) is 24.3 Å². The first-order valence-electron chi connectivity index (χ1n) is 29.4. The van der Waals surface area contributed by atoms with Gasteiger partial charge in [0.2, 0.25) is 5.91 Å². The number of carbonyl (C=O) groups excluding carboxylic acids is 4. The molecule has 0 fully saturated rings. The maximum atomic E-state index is 11.6. The molecule has 5 heterocycles. The molecule has 5 aromatic heterocycles. The maximum Gasteiger partial charge on any atom is 0.388 e. The molecule has 1 aromatic carbocycles. The number of allylic oxidation sites excluding steroid dienone is 13. The van der Waals surface area contributed by atoms with Gasteiger partial charge in [-0.15, -0.1) is 51.1 Å². The number of rotatable bonds is 10. The van der Waals surface area contributed by atoms with Crippen LogP contribution < -0.4 is 66.9 Å². The van der Waals surface area contributed by atoms with Crippen molar-refractivity contribution in [2.24, 2.45) is 51.0 Å². The summed E-state index contributed by atoms with van der Waals surface area (Å²) in [5.41, 5.74) is 21.4. The van der Waals surface area contributed by atoms with E-state index in [1.165, 1.54) is 66.8 Å². The minimum Gasteiger partial charge on any atom is -0.427 e. The number of hydrogen-bond acceptors (Lipinski definition) is 28. The average Bonchev–Trinajstić information content (AvgIpc) is 0.855. The van der Waals surface area contributed by atoms with Crippen molar-refractivity contribution >= 4 is 74.7 Å². The van der Waals surface area contributed by atoms with E-state index in [0.717, 1.165) is 35.8 Å². The van der Waals surface area contributed by atoms with Crippen molar-refractivity contribution in [2.75, 3.05) is 46.8 Å². The lowest BCUT2D eigenvalue weighted by molar-refractivity contribution is -2.00. The molecule has 34 nitrogen and oxygen atoms in total. The van der Waals surface area contributed by atoms with E-state index in [1.54, 1.807) is 154 Å². The zero-order chi connectivity index (χ0) is 74.5. The summed E-state index contributed by atoms with van der Waals surface area (Å²) in [4.78, 5) is 54.3. The molecule has 10 rings (SSSR count). The van der Waals surface area contributed by atoms with E-state index >= 15 is 0 Å². The molecular formula is C66H72ClN21O13. The van der Waals surface area contributed by atoms with Gasteiger partial charge in [0, 0.05) is 89.5 Å². The first kappa shape index (κ1) is 78.5. The van der Waals surface area contributed by atoms with Crippen molar-refractivity contribution in [3.8, 4) is 0 Å². The number of likely N-dealkylation sites (N-methyl/N-ethyl adjacent to an activating group) is 1. The van der Waals surface area contributed by atoms with Gasteiger partial charge < -0.3 is 52.3 Å². The Balaban J connectivity index is 0.000000224. The number of benzene rings is 1. The topological polar surface area (TPSA) is 492 Å². The lowest BCUT2D eigenvalue weighted by Gasteiger charge is -2.18. The number of nitrogen functional groups attached to an aromatic ring is 2. The van der Waals surface area contributed by atoms with E-state index in [9.17, 15) is 40.0 Å². The SMILES string of the molecule is CC(=O)NC1=CC(=O)C(C)=CC1=NN=c1ccccn1O.CC1=CC(=NN=c2ccccn2O)C(C)=CC1=O.CN(C)C1=CC(=N)C(=NN=c2ccccn2O)C=C1.CN(C)C1=CC(=O)C=CC1=NN=c1ccccn1O.CO[n+]1ccccc1N=Nc1cc(C)c(N)cc1N.[O-][Cl+3]([O-])([O-])[O-]. The zero-order valence-corrected chi connectivity index (χ0v) is 56.8. The normalized spacial score (nSPS) is 16.3. The summed E-state index contributed by atoms with van der Waals surface area (Å²) in [6.07, 6.45) is 23.4. The fourth-order valence-electron chi connectivity index (χ4n) is 7.77. The molecule has 0 saturated heterocycles. The first-order chi connectivity index (χ1) is 47.8. The smallest absolute Gasteiger partial charge is 0.388 e. The van der Waals surface area contributed by atoms with Crippen LogP contribution in [0.5, 0.6) is 0 Å². The van der Waals surface area contributed by atoms with Crippen LogP contribution in [0, 0.1) is 22.6 Å². The number of nitrogens with two attached hydrogens (primary N) is 2. The Morgan fingerprint density at radius 1 is 0.545 bits per heavy atom. The van der Waals surface area contributed by atoms with Gasteiger partial charge in [0.15, 0.2) is 39.3 Å². The molecule has 0 atom stereocenters. The van der Waals surface area contributed by atoms with Crippen molar-refractivity contribution in [1.29, 1.82) is 5.41 Å². The Morgan fingerprint density at radius 3 is 1.47 bits per heavy atom. The standard InChI is InChI=1S/C14H14N4O3.2C13H15N5O.C13H14N4O2.C13H13N3O2.ClHO4/c1-9-7-12(11(8-13(9)20)15-10(2)19)16-17-14-5-3-4-6-18(14)21;1-17(2)10-6-7-12(11(14)9-10)15-16-13-5-3-4-8-18(13)19;1-9-7-12(11(15)8-10(9)14)16-17-13-5-3-4-6-18(13)19-2;1-16(2)12-9-10(18)6-7-11(12)14-15-13-5-3-4-8-17(13)19;1-9-8-12(17)10(2)7-11(9)14-15-13-5-3-4-6-16(13)18;2-1(3,4)5/h3-8,21H,1-2H3,(H,15,19);3-9,14,19H,1-2H3;3-8H,1-2H3,(H3,14,15);3-9,19H,1-2H3;3-8,18H,1-2H3;(H,2,3,4,5). The van der Waals surface area contributed by atoms with Crippen LogP contribution in [-0.2, 0) is 19.2 Å². The van der Waals surface area contributed by atoms with Crippen molar-refractivity contribution in [3.63, 3.8) is 0 Å². The van der Waals surface area contributed by atoms with Crippen LogP contribution in [0.1, 0.15) is 33.3 Å². The van der Waals surface area contributed by atoms with Crippen molar-refractivity contribution < 1.29 is 78.5 Å². The van der Waals surface area contributed by atoms with Gasteiger partial charge in [-0.25, -0.2) is 18.6 Å². The molecule has 0 saturated carbocycles. The maximum absolute atomic E-state index is 11.6. The van der Waals surface area contributed by atoms with E-state index < -0.39 is 10.2 Å². The van der Waals surface area contributed by atoms with Crippen LogP contribution in [0.15, 0.2) is 280 Å². The van der Waals surface area contributed by atoms with Gasteiger partial charge in [-0.05, 0) is 181 Å². The molecule has 0 aliphatic heterocycles. The van der Waals surface area contributed by atoms with Crippen LogP contribution in [0.4, 0.5) is 22.9 Å². The summed E-state index contributed by atoms with van der Waals surface area (Å²) < 4.78 is 38.9. The number of anilines is 2. The number of nitrogens with zero attached hydrogens (tertiary/aromatic N) is 17. The summed E-state index contributed by atoms with van der Waals surface area (Å²) in [6, 6.07) is 29.0. The highest BCUT2D eigenvalue weighted by Gasteiger charge is 2.18. The number of hydrogen-bond donors (Lipinski definition) is 8. The van der Waals surface area contributed by atoms with E-state index in [4.69, 9.17) is 40.4 Å². The Morgan fingerprint density at radius 2 is 1.00 bits per heavy atom. The number of ketones is 3. The van der Waals surface area contributed by atoms with Gasteiger partial charge in [0.25, 0.3) is 0 Å². The zero-order valence-electron chi connectivity index (χ0n) is 56.1. The van der Waals surface area contributed by atoms with Gasteiger partial charge in [-0.2, -0.15) is 18.9 Å². The Hall–Kier alpha value is -13.2. The lowest BCUT2D eigenvalue weighted by Crippen LogP contribution is -2.68. The molecule has 526 valence electrons. The second-order valence-electron chi connectivity index (χ2n) is 21.2. The molecule has 0 radical (unpaired) electrons. The number of nitrogens with one attached hydrogen (secondary N) is 2. The highest BCUT2D eigenvalue weighted by atomic mass is 35.7. The van der Waals surface area contributed by atoms with E-state index in [-0.39, 0.29) is 40.2 Å². The number of carbonyl (C=O) groups is 4. The Kier molecular flexibility index (Phi) is 29.5. The van der Waals surface area contributed by atoms with Crippen LogP contribution in [0.2, 0.25) is 0 Å². The molecular weight excluding hydrogens is 1330 g/mol. The van der Waals surface area contributed by atoms with Crippen molar-refractivity contribution in [1.82, 2.24) is 34.0 Å². The Labute approximate surface area is 578 Å². The third-order valence-corrected chi connectivity index (χ3v) is 13.0. The Bertz CT molecular complexity index is 4810. The minimum absolute atomic E-state index is 0.0108. The predicted octanol–water partition coefficient (Wildman–Crippen LogP) is 0.737. The summed E-state index contributed by atoms with van der Waals surface area (Å²) in [5.74, 6) is -0.0388. The van der Waals surface area contributed by atoms with E-state index in [0.29, 0.717) is 79.0 Å². The number of aryl methyl sites for hydroxylation is 1. The fourth-order valence-corrected chi connectivity index (χ4v) is 7.77. The fraction of sp³-hybridized carbons (Fsp3) is 0.152. The van der Waals surface area contributed by atoms with Gasteiger partial charge in [0.05, 0.1) is 33.6 Å². The molecule has 4 aliphatic rings. The first-order valence-corrected chi connectivity index (χ1v) is 30.7. The van der Waals surface area contributed by atoms with E-state index in [2.05, 4.69) is 56.4 Å². The number of azo groups is 1. The van der Waals surface area contributed by atoms with Crippen LogP contribution in [0.25, 0.3) is 0 Å². The molecule has 0 bridgehead atoms. The highest BCUT2D eigenvalue weighted by Crippen LogP contribution is 2.28. The molecule has 4 aliphatic carbocycles. The molecule has 35 heteroatoms. The molecule has 0 spiro atoms. The summed E-state index contributed by atoms with van der Waals surface area (Å²) in [6.45, 7) is 8.41. The number of aromatic nitrogens is 5. The summed E-state index contributed by atoms with van der Waals surface area (Å²) >= 11 is 0. The van der Waals surface area contributed by atoms with Crippen LogP contribution in [-0.4, -0.2) is 137 Å². The molecule has 0 unspecified atom stereocenters. The number of halogens is 1. The molecule has 6 aromatic rings. The highest BCUT2D eigenvalue weighted by molar-refractivity contribution is 6.50. The monoisotopic (exact) mass is 1400 g/mol. The van der Waals surface area contributed by atoms with E-state index in [1.807, 2.05) is 58.2 Å². The van der Waals surface area contributed by atoms with Crippen molar-refractivity contribution in [2.45, 2.75) is 34.6 Å². The second-order valence-corrected chi connectivity index (χ2v) is 21.9. The van der Waals surface area contributed by atoms with Crippen molar-refractivity contribution in [3.05, 3.63) is 256 Å². The molecule has 101 heavy (non-hydrogen) atoms. The number of pyridine rings is 5. The minimum atomic E-state index is -4.94. The third-order valence-electron chi connectivity index (χ3n) is 13.0. The lowest BCUT2D eigenvalue weighted by atomic mass is 9.99. The number of amides is 1. The van der Waals surface area contributed by atoms with Crippen LogP contribution >= 0.6 is 0 Å².